The number of nitrogens with one attached hydrogen (secondary N) is 1. The molecule has 4 rings (SSSR count). The van der Waals surface area contributed by atoms with Gasteiger partial charge < -0.3 is 10.1 Å². The van der Waals surface area contributed by atoms with Crippen LogP contribution in [0, 0.1) is 5.82 Å². The van der Waals surface area contributed by atoms with E-state index in [1.807, 2.05) is 41.8 Å². The van der Waals surface area contributed by atoms with E-state index in [4.69, 9.17) is 4.74 Å². The van der Waals surface area contributed by atoms with E-state index in [-0.39, 0.29) is 17.8 Å². The molecule has 1 atom stereocenters. The molecule has 1 saturated carbocycles. The number of hydrogen-bond donors (Lipinski definition) is 1. The molecular formula is C24H25FN2O2S. The molecule has 1 aliphatic rings. The molecule has 1 N–H and O–H groups in total. The number of methoxy groups -OCH3 is 1. The van der Waals surface area contributed by atoms with Crippen molar-refractivity contribution in [1.29, 1.82) is 0 Å². The van der Waals surface area contributed by atoms with Crippen molar-refractivity contribution >= 4 is 17.2 Å². The number of nitrogens with zero attached hydrogens (tertiary/aromatic N) is 1. The Morgan fingerprint density at radius 2 is 1.93 bits per heavy atom. The van der Waals surface area contributed by atoms with Crippen molar-refractivity contribution < 1.29 is 13.9 Å². The average Bonchev–Trinajstić information content (AvgIpc) is 3.47. The fourth-order valence-electron chi connectivity index (χ4n) is 3.63. The van der Waals surface area contributed by atoms with Crippen LogP contribution in [0.25, 0.3) is 0 Å². The maximum absolute atomic E-state index is 13.4. The molecule has 0 spiro atoms. The van der Waals surface area contributed by atoms with Crippen LogP contribution in [0.2, 0.25) is 0 Å². The fraction of sp³-hybridized carbons (Fsp3) is 0.292. The minimum Gasteiger partial charge on any atom is -0.496 e. The standard InChI is InChI=1S/C24H25FN2O2S/c1-29-21-6-3-2-5-18(21)15-27(20-12-13-20)16-23(28)26-24(22-7-4-14-30-22)17-8-10-19(25)11-9-17/h2-11,14,20,24H,12-13,15-16H2,1H3,(H,26,28). The van der Waals surface area contributed by atoms with E-state index in [9.17, 15) is 9.18 Å². The molecule has 30 heavy (non-hydrogen) atoms. The third-order valence-electron chi connectivity index (χ3n) is 5.31. The molecule has 1 heterocycles. The highest BCUT2D eigenvalue weighted by Crippen LogP contribution is 2.31. The van der Waals surface area contributed by atoms with Gasteiger partial charge in [-0.1, -0.05) is 36.4 Å². The van der Waals surface area contributed by atoms with Crippen LogP contribution in [0.4, 0.5) is 4.39 Å². The highest BCUT2D eigenvalue weighted by Gasteiger charge is 2.31. The van der Waals surface area contributed by atoms with Crippen molar-refractivity contribution in [3.05, 3.63) is 87.9 Å². The first-order chi connectivity index (χ1) is 14.6. The number of benzene rings is 2. The zero-order valence-electron chi connectivity index (χ0n) is 16.9. The summed E-state index contributed by atoms with van der Waals surface area (Å²) in [4.78, 5) is 16.3. The average molecular weight is 425 g/mol. The van der Waals surface area contributed by atoms with E-state index in [0.29, 0.717) is 19.1 Å². The Labute approximate surface area is 180 Å². The molecule has 1 aliphatic carbocycles. The summed E-state index contributed by atoms with van der Waals surface area (Å²) < 4.78 is 18.9. The molecule has 0 saturated heterocycles. The summed E-state index contributed by atoms with van der Waals surface area (Å²) in [6.07, 6.45) is 2.21. The van der Waals surface area contributed by atoms with Crippen LogP contribution in [0.15, 0.2) is 66.0 Å². The minimum absolute atomic E-state index is 0.0421. The van der Waals surface area contributed by atoms with Crippen LogP contribution >= 0.6 is 11.3 Å². The van der Waals surface area contributed by atoms with Gasteiger partial charge in [-0.2, -0.15) is 0 Å². The summed E-state index contributed by atoms with van der Waals surface area (Å²) in [7, 11) is 1.67. The van der Waals surface area contributed by atoms with Crippen molar-refractivity contribution in [3.63, 3.8) is 0 Å². The van der Waals surface area contributed by atoms with Gasteiger partial charge in [0.1, 0.15) is 11.6 Å². The highest BCUT2D eigenvalue weighted by molar-refractivity contribution is 7.10. The lowest BCUT2D eigenvalue weighted by Crippen LogP contribution is -2.39. The summed E-state index contributed by atoms with van der Waals surface area (Å²) in [5.41, 5.74) is 1.95. The van der Waals surface area contributed by atoms with E-state index in [1.54, 1.807) is 30.6 Å². The quantitative estimate of drug-likeness (QED) is 0.538. The van der Waals surface area contributed by atoms with Gasteiger partial charge in [0.15, 0.2) is 0 Å². The molecule has 4 nitrogen and oxygen atoms in total. The van der Waals surface area contributed by atoms with E-state index < -0.39 is 0 Å². The Bertz CT molecular complexity index is 971. The molecule has 2 aromatic carbocycles. The van der Waals surface area contributed by atoms with Gasteiger partial charge in [-0.05, 0) is 48.1 Å². The van der Waals surface area contributed by atoms with Gasteiger partial charge in [0, 0.05) is 23.0 Å². The van der Waals surface area contributed by atoms with Crippen LogP contribution in [-0.2, 0) is 11.3 Å². The molecule has 0 aliphatic heterocycles. The molecule has 1 aromatic heterocycles. The Morgan fingerprint density at radius 1 is 1.17 bits per heavy atom. The van der Waals surface area contributed by atoms with Crippen molar-refractivity contribution in [2.75, 3.05) is 13.7 Å². The van der Waals surface area contributed by atoms with Crippen molar-refractivity contribution in [2.24, 2.45) is 0 Å². The third-order valence-corrected chi connectivity index (χ3v) is 6.25. The monoisotopic (exact) mass is 424 g/mol. The zero-order valence-corrected chi connectivity index (χ0v) is 17.7. The van der Waals surface area contributed by atoms with Gasteiger partial charge >= 0.3 is 0 Å². The second kappa shape index (κ2) is 9.41. The van der Waals surface area contributed by atoms with Gasteiger partial charge in [0.2, 0.25) is 5.91 Å². The van der Waals surface area contributed by atoms with E-state index in [1.165, 1.54) is 12.1 Å². The van der Waals surface area contributed by atoms with Gasteiger partial charge in [0.25, 0.3) is 0 Å². The normalized spacial score (nSPS) is 14.5. The fourth-order valence-corrected chi connectivity index (χ4v) is 4.43. The topological polar surface area (TPSA) is 41.6 Å². The predicted molar refractivity (Wildman–Crippen MR) is 117 cm³/mol. The number of hydrogen-bond acceptors (Lipinski definition) is 4. The van der Waals surface area contributed by atoms with Crippen LogP contribution in [0.5, 0.6) is 5.75 Å². The molecule has 156 valence electrons. The summed E-state index contributed by atoms with van der Waals surface area (Å²) >= 11 is 1.58. The maximum atomic E-state index is 13.4. The van der Waals surface area contributed by atoms with Crippen LogP contribution in [0.1, 0.15) is 34.9 Å². The van der Waals surface area contributed by atoms with Crippen LogP contribution < -0.4 is 10.1 Å². The van der Waals surface area contributed by atoms with E-state index in [2.05, 4.69) is 10.2 Å². The lowest BCUT2D eigenvalue weighted by Gasteiger charge is -2.25. The second-order valence-corrected chi connectivity index (χ2v) is 8.49. The zero-order chi connectivity index (χ0) is 20.9. The largest absolute Gasteiger partial charge is 0.496 e. The van der Waals surface area contributed by atoms with E-state index in [0.717, 1.165) is 34.6 Å². The number of carbonyl (C=O) groups excluding carboxylic acids is 1. The lowest BCUT2D eigenvalue weighted by molar-refractivity contribution is -0.123. The molecule has 0 radical (unpaired) electrons. The Hall–Kier alpha value is -2.70. The summed E-state index contributed by atoms with van der Waals surface area (Å²) in [6.45, 7) is 0.980. The first-order valence-electron chi connectivity index (χ1n) is 10.1. The number of halogens is 1. The minimum atomic E-state index is -0.287. The number of carbonyl (C=O) groups is 1. The summed E-state index contributed by atoms with van der Waals surface area (Å²) in [5.74, 6) is 0.512. The Balaban J connectivity index is 1.48. The number of thiophene rings is 1. The molecule has 3 aromatic rings. The first kappa shape index (κ1) is 20.6. The molecule has 1 fully saturated rings. The molecule has 0 bridgehead atoms. The summed E-state index contributed by atoms with van der Waals surface area (Å²) in [5, 5.41) is 5.14. The summed E-state index contributed by atoms with van der Waals surface area (Å²) in [6, 6.07) is 18.3. The molecule has 1 unspecified atom stereocenters. The molecule has 6 heteroatoms. The SMILES string of the molecule is COc1ccccc1CN(CC(=O)NC(c1ccc(F)cc1)c1cccs1)C1CC1. The number of para-hydroxylation sites is 1. The smallest absolute Gasteiger partial charge is 0.234 e. The van der Waals surface area contributed by atoms with Crippen molar-refractivity contribution in [2.45, 2.75) is 31.5 Å². The van der Waals surface area contributed by atoms with Gasteiger partial charge in [0.05, 0.1) is 19.7 Å². The van der Waals surface area contributed by atoms with Gasteiger partial charge in [-0.25, -0.2) is 4.39 Å². The number of amides is 1. The second-order valence-electron chi connectivity index (χ2n) is 7.52. The first-order valence-corrected chi connectivity index (χ1v) is 11.0. The number of rotatable bonds is 9. The molecule has 1 amide bonds. The van der Waals surface area contributed by atoms with Crippen LogP contribution in [0.3, 0.4) is 0 Å². The Kier molecular flexibility index (Phi) is 6.45. The molecular weight excluding hydrogens is 399 g/mol. The van der Waals surface area contributed by atoms with Gasteiger partial charge in [-0.3, -0.25) is 9.69 Å². The third kappa shape index (κ3) is 5.07. The predicted octanol–water partition coefficient (Wildman–Crippen LogP) is 4.77. The Morgan fingerprint density at radius 3 is 2.60 bits per heavy atom. The van der Waals surface area contributed by atoms with Crippen molar-refractivity contribution in [1.82, 2.24) is 10.2 Å². The number of ether oxygens (including phenoxy) is 1. The van der Waals surface area contributed by atoms with E-state index >= 15 is 0 Å². The van der Waals surface area contributed by atoms with Gasteiger partial charge in [-0.15, -0.1) is 11.3 Å². The van der Waals surface area contributed by atoms with Crippen molar-refractivity contribution in [3.8, 4) is 5.75 Å². The maximum Gasteiger partial charge on any atom is 0.234 e. The highest BCUT2D eigenvalue weighted by atomic mass is 32.1. The van der Waals surface area contributed by atoms with Crippen LogP contribution in [-0.4, -0.2) is 30.5 Å². The lowest BCUT2D eigenvalue weighted by atomic mass is 10.1.